The van der Waals surface area contributed by atoms with Gasteiger partial charge < -0.3 is 24.3 Å². The summed E-state index contributed by atoms with van der Waals surface area (Å²) in [7, 11) is 5.89. The van der Waals surface area contributed by atoms with Gasteiger partial charge in [0.05, 0.1) is 38.1 Å². The number of alkyl halides is 2. The summed E-state index contributed by atoms with van der Waals surface area (Å²) in [5, 5.41) is 20.5. The molecule has 0 bridgehead atoms. The summed E-state index contributed by atoms with van der Waals surface area (Å²) in [4.78, 5) is 18.3. The summed E-state index contributed by atoms with van der Waals surface area (Å²) in [5.74, 6) is -0.519. The second kappa shape index (κ2) is 22.1. The molecule has 2 fully saturated rings. The number of carbonyl (C=O) groups is 2. The van der Waals surface area contributed by atoms with Crippen molar-refractivity contribution in [3.8, 4) is 0 Å². The van der Waals surface area contributed by atoms with Gasteiger partial charge in [-0.2, -0.15) is 0 Å². The van der Waals surface area contributed by atoms with Gasteiger partial charge in [0.25, 0.3) is 0 Å². The van der Waals surface area contributed by atoms with Gasteiger partial charge in [-0.25, -0.2) is 0 Å². The number of carboxylic acids is 2. The fourth-order valence-electron chi connectivity index (χ4n) is 3.50. The predicted octanol–water partition coefficient (Wildman–Crippen LogP) is 5.22. The third-order valence-electron chi connectivity index (χ3n) is 5.99. The molecule has 2 heterocycles. The monoisotopic (exact) mass is 666 g/mol. The van der Waals surface area contributed by atoms with Crippen LogP contribution >= 0.6 is 66.4 Å². The molecular formula is C24H44Cl2NNiO4S4-. The van der Waals surface area contributed by atoms with Gasteiger partial charge in [0.2, 0.25) is 0 Å². The van der Waals surface area contributed by atoms with Gasteiger partial charge in [0.1, 0.15) is 9.75 Å². The van der Waals surface area contributed by atoms with Gasteiger partial charge in [0.15, 0.2) is 0 Å². The summed E-state index contributed by atoms with van der Waals surface area (Å²) in [6.45, 7) is 15.0. The SMILES string of the molecule is CCCC[N+](CCCC)(CCCC)CCCC.O=C([O-])C1(Cl)CSSC1.O=C([O-])C1(Cl)CSSC1.[Ni]. The van der Waals surface area contributed by atoms with Crippen LogP contribution in [-0.4, -0.2) is 75.4 Å². The summed E-state index contributed by atoms with van der Waals surface area (Å²) in [6.07, 6.45) is 11.1. The molecule has 2 aliphatic rings. The Labute approximate surface area is 255 Å². The van der Waals surface area contributed by atoms with E-state index in [1.54, 1.807) is 0 Å². The van der Waals surface area contributed by atoms with Gasteiger partial charge >= 0.3 is 0 Å². The Bertz CT molecular complexity index is 527. The van der Waals surface area contributed by atoms with Crippen LogP contribution in [-0.2, 0) is 26.1 Å². The quantitative estimate of drug-likeness (QED) is 0.108. The van der Waals surface area contributed by atoms with Gasteiger partial charge in [-0.05, 0) is 25.7 Å². The number of nitrogens with zero attached hydrogens (tertiary/aromatic N) is 1. The van der Waals surface area contributed by atoms with E-state index >= 15 is 0 Å². The fourth-order valence-corrected chi connectivity index (χ4v) is 10.6. The number of carboxylic acid groups (broad SMARTS) is 2. The Kier molecular flexibility index (Phi) is 24.3. The molecule has 0 unspecified atom stereocenters. The van der Waals surface area contributed by atoms with Crippen molar-refractivity contribution in [1.29, 1.82) is 0 Å². The van der Waals surface area contributed by atoms with Crippen molar-refractivity contribution >= 4 is 78.3 Å². The minimum Gasteiger partial charge on any atom is -0.548 e. The van der Waals surface area contributed by atoms with Crippen LogP contribution in [0.2, 0.25) is 0 Å². The van der Waals surface area contributed by atoms with Crippen molar-refractivity contribution in [3.63, 3.8) is 0 Å². The third-order valence-corrected chi connectivity index (χ3v) is 12.7. The number of rotatable bonds is 14. The number of aliphatic carboxylic acids is 2. The maximum Gasteiger partial charge on any atom is 0.103 e. The summed E-state index contributed by atoms with van der Waals surface area (Å²) >= 11 is 11.2. The van der Waals surface area contributed by atoms with Crippen molar-refractivity contribution < 1.29 is 40.8 Å². The number of halogens is 2. The molecule has 0 amide bonds. The van der Waals surface area contributed by atoms with Crippen LogP contribution in [0.15, 0.2) is 0 Å². The first kappa shape index (κ1) is 39.5. The number of hydrogen-bond acceptors (Lipinski definition) is 8. The molecule has 36 heavy (non-hydrogen) atoms. The zero-order chi connectivity index (χ0) is 26.8. The molecule has 5 nitrogen and oxygen atoms in total. The topological polar surface area (TPSA) is 80.3 Å². The molecule has 0 N–H and O–H groups in total. The van der Waals surface area contributed by atoms with Gasteiger partial charge in [0, 0.05) is 39.5 Å². The predicted molar refractivity (Wildman–Crippen MR) is 156 cm³/mol. The summed E-state index contributed by atoms with van der Waals surface area (Å²) in [6, 6.07) is 0. The van der Waals surface area contributed by atoms with E-state index < -0.39 is 21.7 Å². The maximum atomic E-state index is 10.3. The summed E-state index contributed by atoms with van der Waals surface area (Å²) < 4.78 is 1.42. The molecule has 0 aromatic heterocycles. The summed E-state index contributed by atoms with van der Waals surface area (Å²) in [5.41, 5.74) is 0. The van der Waals surface area contributed by atoms with Crippen LogP contribution in [0.4, 0.5) is 0 Å². The van der Waals surface area contributed by atoms with E-state index in [2.05, 4.69) is 27.7 Å². The van der Waals surface area contributed by atoms with Gasteiger partial charge in [-0.1, -0.05) is 96.6 Å². The van der Waals surface area contributed by atoms with Crippen LogP contribution in [0.3, 0.4) is 0 Å². The molecule has 0 aliphatic carbocycles. The smallest absolute Gasteiger partial charge is 0.103 e. The average Bonchev–Trinajstić information content (AvgIpc) is 3.49. The molecule has 2 saturated heterocycles. The molecule has 0 aromatic carbocycles. The van der Waals surface area contributed by atoms with E-state index in [0.29, 0.717) is 23.0 Å². The molecule has 2 aliphatic heterocycles. The Balaban J connectivity index is 0. The maximum absolute atomic E-state index is 10.3. The Morgan fingerprint density at radius 1 is 0.639 bits per heavy atom. The standard InChI is InChI=1S/C16H36N.2C4H5ClO2S2.Ni/c1-5-9-13-17(14-10-6-2,15-11-7-3)16-12-8-4;2*5-4(3(6)7)1-8-9-2-4;/h5-16H2,1-4H3;2*1-2H2,(H,6,7);/q+1;;;/p-2. The first-order valence-electron chi connectivity index (χ1n) is 12.7. The van der Waals surface area contributed by atoms with Crippen molar-refractivity contribution in [2.45, 2.75) is 88.8 Å². The Hall–Kier alpha value is 1.37. The fraction of sp³-hybridized carbons (Fsp3) is 0.917. The number of unbranched alkanes of at least 4 members (excludes halogenated alkanes) is 4. The zero-order valence-corrected chi connectivity index (χ0v) is 27.9. The number of hydrogen-bond donors (Lipinski definition) is 0. The number of carbonyl (C=O) groups excluding carboxylic acids is 2. The van der Waals surface area contributed by atoms with Crippen LogP contribution in [0.25, 0.3) is 0 Å². The van der Waals surface area contributed by atoms with Crippen molar-refractivity contribution in [2.24, 2.45) is 0 Å². The first-order chi connectivity index (χ1) is 16.5. The first-order valence-corrected chi connectivity index (χ1v) is 18.4. The molecule has 12 heteroatoms. The molecule has 0 saturated carbocycles. The van der Waals surface area contributed by atoms with Crippen LogP contribution in [0.5, 0.6) is 0 Å². The Morgan fingerprint density at radius 3 is 1.00 bits per heavy atom. The number of quaternary nitrogens is 1. The van der Waals surface area contributed by atoms with Crippen LogP contribution in [0.1, 0.15) is 79.1 Å². The van der Waals surface area contributed by atoms with Crippen molar-refractivity contribution in [1.82, 2.24) is 0 Å². The van der Waals surface area contributed by atoms with Crippen molar-refractivity contribution in [2.75, 3.05) is 49.2 Å². The van der Waals surface area contributed by atoms with E-state index in [1.165, 1.54) is 125 Å². The van der Waals surface area contributed by atoms with E-state index in [0.717, 1.165) is 0 Å². The van der Waals surface area contributed by atoms with E-state index in [9.17, 15) is 19.8 Å². The zero-order valence-electron chi connectivity index (χ0n) is 22.1. The third kappa shape index (κ3) is 15.8. The van der Waals surface area contributed by atoms with Crippen LogP contribution in [0, 0.1) is 0 Å². The molecule has 0 radical (unpaired) electrons. The van der Waals surface area contributed by atoms with Crippen LogP contribution < -0.4 is 10.2 Å². The van der Waals surface area contributed by atoms with E-state index in [-0.39, 0.29) is 16.5 Å². The van der Waals surface area contributed by atoms with E-state index in [1.807, 2.05) is 0 Å². The molecule has 0 spiro atoms. The minimum absolute atomic E-state index is 0. The normalized spacial score (nSPS) is 17.7. The molecular weight excluding hydrogens is 624 g/mol. The van der Waals surface area contributed by atoms with E-state index in [4.69, 9.17) is 23.2 Å². The minimum atomic E-state index is -1.15. The molecule has 218 valence electrons. The molecule has 0 aromatic rings. The average molecular weight is 668 g/mol. The van der Waals surface area contributed by atoms with Gasteiger partial charge in [-0.3, -0.25) is 0 Å². The molecule has 0 atom stereocenters. The largest absolute Gasteiger partial charge is 0.548 e. The van der Waals surface area contributed by atoms with Gasteiger partial charge in [-0.15, -0.1) is 23.2 Å². The second-order valence-corrected chi connectivity index (χ2v) is 15.6. The Morgan fingerprint density at radius 2 is 0.861 bits per heavy atom. The van der Waals surface area contributed by atoms with Crippen molar-refractivity contribution in [3.05, 3.63) is 0 Å². The molecule has 2 rings (SSSR count). The second-order valence-electron chi connectivity index (χ2n) is 9.20.